The molecule has 2 N–H and O–H groups in total. The van der Waals surface area contributed by atoms with Gasteiger partial charge in [0.15, 0.2) is 6.61 Å². The number of carbonyl (C=O) groups is 2. The van der Waals surface area contributed by atoms with Crippen LogP contribution in [0.25, 0.3) is 0 Å². The van der Waals surface area contributed by atoms with E-state index in [-0.39, 0.29) is 30.0 Å². The van der Waals surface area contributed by atoms with E-state index >= 15 is 0 Å². The number of rotatable bonds is 9. The van der Waals surface area contributed by atoms with Gasteiger partial charge in [-0.1, -0.05) is 11.6 Å². The lowest BCUT2D eigenvalue weighted by Gasteiger charge is -2.34. The van der Waals surface area contributed by atoms with Gasteiger partial charge < -0.3 is 20.3 Å². The van der Waals surface area contributed by atoms with Crippen LogP contribution in [0.15, 0.2) is 24.4 Å². The third-order valence-corrected chi connectivity index (χ3v) is 5.45. The van der Waals surface area contributed by atoms with Gasteiger partial charge >= 0.3 is 0 Å². The molecule has 0 radical (unpaired) electrons. The molecule has 3 heterocycles. The fraction of sp³-hybridized carbons (Fsp3) is 0.524. The van der Waals surface area contributed by atoms with Crippen LogP contribution in [0.3, 0.4) is 0 Å². The second-order valence-electron chi connectivity index (χ2n) is 8.01. The zero-order chi connectivity index (χ0) is 24.0. The summed E-state index contributed by atoms with van der Waals surface area (Å²) < 4.78 is 31.2. The van der Waals surface area contributed by atoms with E-state index in [1.807, 2.05) is 0 Å². The summed E-state index contributed by atoms with van der Waals surface area (Å²) in [7, 11) is 0. The Morgan fingerprint density at radius 2 is 2.00 bits per heavy atom. The molecule has 1 aliphatic rings. The van der Waals surface area contributed by atoms with Crippen molar-refractivity contribution in [2.24, 2.45) is 0 Å². The number of aromatic nitrogens is 3. The van der Waals surface area contributed by atoms with Gasteiger partial charge in [-0.2, -0.15) is 0 Å². The highest BCUT2D eigenvalue weighted by atomic mass is 35.5. The molecule has 2 amide bonds. The minimum atomic E-state index is -2.70. The van der Waals surface area contributed by atoms with Gasteiger partial charge in [-0.05, 0) is 38.8 Å². The van der Waals surface area contributed by atoms with Crippen molar-refractivity contribution in [1.82, 2.24) is 25.0 Å². The maximum Gasteiger partial charge on any atom is 0.272 e. The molecule has 1 aliphatic heterocycles. The molecule has 2 aromatic rings. The van der Waals surface area contributed by atoms with Crippen LogP contribution >= 0.6 is 11.6 Å². The first-order valence-corrected chi connectivity index (χ1v) is 11.0. The standard InChI is InChI=1S/C21H27ClF2N6O3/c1-13(2)29-7-5-15(6-8-29)26-21(32)16-9-20(33-12-17(23)24)28-30(16)11-19(31)27-18-4-3-14(22)10-25-18/h3-4,9-10,13,15,17H,5-8,11-12H2,1-2H3,(H,26,32)(H,25,27,31). The van der Waals surface area contributed by atoms with Crippen LogP contribution < -0.4 is 15.4 Å². The average Bonchev–Trinajstić information content (AvgIpc) is 3.17. The number of ether oxygens (including phenoxy) is 1. The van der Waals surface area contributed by atoms with Gasteiger partial charge in [-0.25, -0.2) is 18.4 Å². The van der Waals surface area contributed by atoms with E-state index in [1.165, 1.54) is 18.3 Å². The molecule has 0 unspecified atom stereocenters. The van der Waals surface area contributed by atoms with Crippen molar-refractivity contribution in [2.45, 2.75) is 51.7 Å². The number of anilines is 1. The molecule has 3 rings (SSSR count). The molecule has 1 saturated heterocycles. The lowest BCUT2D eigenvalue weighted by atomic mass is 10.0. The van der Waals surface area contributed by atoms with Crippen LogP contribution in [0.2, 0.25) is 5.02 Å². The number of halogens is 3. The van der Waals surface area contributed by atoms with Gasteiger partial charge in [0.2, 0.25) is 11.8 Å². The number of piperidine rings is 1. The average molecular weight is 485 g/mol. The quantitative estimate of drug-likeness (QED) is 0.567. The molecule has 12 heteroatoms. The molecular formula is C21H27ClF2N6O3. The number of pyridine rings is 1. The second-order valence-corrected chi connectivity index (χ2v) is 8.45. The Morgan fingerprint density at radius 3 is 2.61 bits per heavy atom. The van der Waals surface area contributed by atoms with Crippen molar-refractivity contribution in [3.05, 3.63) is 35.1 Å². The largest absolute Gasteiger partial charge is 0.471 e. The molecule has 180 valence electrons. The first-order valence-electron chi connectivity index (χ1n) is 10.7. The van der Waals surface area contributed by atoms with E-state index in [0.29, 0.717) is 11.1 Å². The maximum atomic E-state index is 12.9. The summed E-state index contributed by atoms with van der Waals surface area (Å²) >= 11 is 5.79. The van der Waals surface area contributed by atoms with Crippen LogP contribution in [0.4, 0.5) is 14.6 Å². The van der Waals surface area contributed by atoms with Crippen molar-refractivity contribution >= 4 is 29.2 Å². The van der Waals surface area contributed by atoms with Gasteiger partial charge in [-0.3, -0.25) is 9.59 Å². The molecule has 0 atom stereocenters. The topological polar surface area (TPSA) is 101 Å². The van der Waals surface area contributed by atoms with Crippen molar-refractivity contribution in [1.29, 1.82) is 0 Å². The first-order chi connectivity index (χ1) is 15.7. The van der Waals surface area contributed by atoms with E-state index < -0.39 is 24.8 Å². The Hall–Kier alpha value is -2.79. The molecule has 0 saturated carbocycles. The number of nitrogens with zero attached hydrogens (tertiary/aromatic N) is 4. The molecule has 1 fully saturated rings. The van der Waals surface area contributed by atoms with E-state index in [4.69, 9.17) is 16.3 Å². The van der Waals surface area contributed by atoms with Crippen LogP contribution in [0.5, 0.6) is 5.88 Å². The summed E-state index contributed by atoms with van der Waals surface area (Å²) in [5.41, 5.74) is 0.0461. The Morgan fingerprint density at radius 1 is 1.27 bits per heavy atom. The predicted molar refractivity (Wildman–Crippen MR) is 119 cm³/mol. The van der Waals surface area contributed by atoms with Crippen molar-refractivity contribution in [3.8, 4) is 5.88 Å². The van der Waals surface area contributed by atoms with Gasteiger partial charge in [-0.15, -0.1) is 5.10 Å². The van der Waals surface area contributed by atoms with Gasteiger partial charge in [0.05, 0.1) is 5.02 Å². The lowest BCUT2D eigenvalue weighted by molar-refractivity contribution is -0.116. The fourth-order valence-corrected chi connectivity index (χ4v) is 3.61. The first kappa shape index (κ1) is 24.8. The molecule has 0 bridgehead atoms. The van der Waals surface area contributed by atoms with Crippen LogP contribution in [-0.4, -0.2) is 69.7 Å². The molecule has 0 aliphatic carbocycles. The third kappa shape index (κ3) is 7.36. The minimum absolute atomic E-state index is 0.0339. The fourth-order valence-electron chi connectivity index (χ4n) is 3.50. The van der Waals surface area contributed by atoms with Gasteiger partial charge in [0.1, 0.15) is 18.1 Å². The van der Waals surface area contributed by atoms with Gasteiger partial charge in [0.25, 0.3) is 12.3 Å². The summed E-state index contributed by atoms with van der Waals surface area (Å²) in [6.45, 7) is 4.78. The van der Waals surface area contributed by atoms with Crippen molar-refractivity contribution in [3.63, 3.8) is 0 Å². The zero-order valence-corrected chi connectivity index (χ0v) is 19.2. The monoisotopic (exact) mass is 484 g/mol. The van der Waals surface area contributed by atoms with Crippen molar-refractivity contribution in [2.75, 3.05) is 25.0 Å². The summed E-state index contributed by atoms with van der Waals surface area (Å²) in [4.78, 5) is 31.7. The summed E-state index contributed by atoms with van der Waals surface area (Å²) in [5.74, 6) is -0.844. The number of likely N-dealkylation sites (tertiary alicyclic amines) is 1. The Labute approximate surface area is 195 Å². The Bertz CT molecular complexity index is 946. The SMILES string of the molecule is CC(C)N1CCC(NC(=O)c2cc(OCC(F)F)nn2CC(=O)Nc2ccc(Cl)cn2)CC1. The molecule has 0 spiro atoms. The zero-order valence-electron chi connectivity index (χ0n) is 18.4. The lowest BCUT2D eigenvalue weighted by Crippen LogP contribution is -2.47. The maximum absolute atomic E-state index is 12.9. The molecule has 33 heavy (non-hydrogen) atoms. The van der Waals surface area contributed by atoms with E-state index in [0.717, 1.165) is 30.6 Å². The summed E-state index contributed by atoms with van der Waals surface area (Å²) in [5, 5.41) is 9.96. The van der Waals surface area contributed by atoms with E-state index in [1.54, 1.807) is 6.07 Å². The van der Waals surface area contributed by atoms with Crippen LogP contribution in [0.1, 0.15) is 37.2 Å². The smallest absolute Gasteiger partial charge is 0.272 e. The third-order valence-electron chi connectivity index (χ3n) is 5.23. The number of hydrogen-bond donors (Lipinski definition) is 2. The van der Waals surface area contributed by atoms with Gasteiger partial charge in [0, 0.05) is 37.4 Å². The van der Waals surface area contributed by atoms with Crippen LogP contribution in [-0.2, 0) is 11.3 Å². The molecule has 2 aromatic heterocycles. The number of alkyl halides is 2. The number of carbonyl (C=O) groups excluding carboxylic acids is 2. The number of nitrogens with one attached hydrogen (secondary N) is 2. The second kappa shape index (κ2) is 11.4. The van der Waals surface area contributed by atoms with E-state index in [2.05, 4.69) is 39.5 Å². The van der Waals surface area contributed by atoms with Crippen molar-refractivity contribution < 1.29 is 23.1 Å². The Kier molecular flexibility index (Phi) is 8.56. The minimum Gasteiger partial charge on any atom is -0.471 e. The summed E-state index contributed by atoms with van der Waals surface area (Å²) in [6.07, 6.45) is 0.258. The summed E-state index contributed by atoms with van der Waals surface area (Å²) in [6, 6.07) is 4.75. The highest BCUT2D eigenvalue weighted by Crippen LogP contribution is 2.17. The highest BCUT2D eigenvalue weighted by Gasteiger charge is 2.25. The number of amides is 2. The van der Waals surface area contributed by atoms with E-state index in [9.17, 15) is 18.4 Å². The molecular weight excluding hydrogens is 458 g/mol. The molecule has 9 nitrogen and oxygen atoms in total. The van der Waals surface area contributed by atoms with Crippen LogP contribution in [0, 0.1) is 0 Å². The normalized spacial score (nSPS) is 15.1. The Balaban J connectivity index is 1.68. The molecule has 0 aromatic carbocycles. The predicted octanol–water partition coefficient (Wildman–Crippen LogP) is 2.82. The highest BCUT2D eigenvalue weighted by molar-refractivity contribution is 6.30. The number of hydrogen-bond acceptors (Lipinski definition) is 6.